The maximum Gasteiger partial charge on any atom is 0.417 e. The summed E-state index contributed by atoms with van der Waals surface area (Å²) in [5.74, 6) is -0.523. The van der Waals surface area contributed by atoms with E-state index in [2.05, 4.69) is 22.2 Å². The zero-order valence-electron chi connectivity index (χ0n) is 19.4. The molecule has 1 atom stereocenters. The molecule has 0 aliphatic rings. The second kappa shape index (κ2) is 9.43. The van der Waals surface area contributed by atoms with Crippen LogP contribution in [0.25, 0.3) is 11.0 Å². The lowest BCUT2D eigenvalue weighted by molar-refractivity contribution is -0.266. The number of aryl methyl sites for hydroxylation is 1. The Balaban J connectivity index is 1.90. The maximum atomic E-state index is 14.1. The Kier molecular flexibility index (Phi) is 7.19. The number of nitrogens with one attached hydrogen (secondary N) is 2. The number of hydrogen-bond acceptors (Lipinski definition) is 3. The van der Waals surface area contributed by atoms with Crippen LogP contribution < -0.4 is 5.32 Å². The molecule has 0 radical (unpaired) electrons. The Morgan fingerprint density at radius 3 is 2.48 bits per heavy atom. The van der Waals surface area contributed by atoms with Crippen molar-refractivity contribution < 1.29 is 22.7 Å². The van der Waals surface area contributed by atoms with Crippen molar-refractivity contribution in [1.82, 2.24) is 15.3 Å². The number of nitrogens with zero attached hydrogens (tertiary/aromatic N) is 1. The minimum absolute atomic E-state index is 0.239. The first-order valence-electron chi connectivity index (χ1n) is 11.1. The third kappa shape index (κ3) is 5.73. The molecule has 0 saturated heterocycles. The van der Waals surface area contributed by atoms with Gasteiger partial charge in [-0.3, -0.25) is 0 Å². The van der Waals surface area contributed by atoms with Crippen molar-refractivity contribution in [1.29, 1.82) is 0 Å². The molecule has 3 aromatic rings. The van der Waals surface area contributed by atoms with E-state index in [0.29, 0.717) is 28.7 Å². The Labute approximate surface area is 191 Å². The van der Waals surface area contributed by atoms with Gasteiger partial charge in [0.05, 0.1) is 16.7 Å². The van der Waals surface area contributed by atoms with Crippen LogP contribution in [0.5, 0.6) is 0 Å². The van der Waals surface area contributed by atoms with Gasteiger partial charge >= 0.3 is 6.18 Å². The number of aromatic amines is 1. The van der Waals surface area contributed by atoms with Crippen molar-refractivity contribution >= 4 is 11.0 Å². The van der Waals surface area contributed by atoms with E-state index in [1.54, 1.807) is 32.9 Å². The minimum Gasteiger partial charge on any atom is -0.380 e. The zero-order valence-corrected chi connectivity index (χ0v) is 19.4. The number of rotatable bonds is 9. The summed E-state index contributed by atoms with van der Waals surface area (Å²) < 4.78 is 56.3. The highest BCUT2D eigenvalue weighted by atomic mass is 19.4. The molecule has 0 bridgehead atoms. The van der Waals surface area contributed by atoms with Gasteiger partial charge in [0.25, 0.3) is 0 Å². The van der Waals surface area contributed by atoms with Crippen molar-refractivity contribution in [3.8, 4) is 0 Å². The monoisotopic (exact) mass is 465 g/mol. The molecule has 3 N–H and O–H groups in total. The summed E-state index contributed by atoms with van der Waals surface area (Å²) in [5.41, 5.74) is -0.851. The van der Waals surface area contributed by atoms with Crippen molar-refractivity contribution in [3.05, 3.63) is 64.7 Å². The van der Waals surface area contributed by atoms with Crippen LogP contribution in [0.3, 0.4) is 0 Å². The van der Waals surface area contributed by atoms with Gasteiger partial charge in [-0.25, -0.2) is 9.37 Å². The Bertz CT molecular complexity index is 1110. The van der Waals surface area contributed by atoms with Crippen molar-refractivity contribution in [2.24, 2.45) is 0 Å². The smallest absolute Gasteiger partial charge is 0.380 e. The lowest BCUT2D eigenvalue weighted by atomic mass is 9.72. The SMILES string of the molecule is CCCNCc1ccc2[nH]c(CC(O)(CC(C)(C)c3cc(F)ccc3C)C(F)(F)F)cc2n1. The summed E-state index contributed by atoms with van der Waals surface area (Å²) in [6.07, 6.45) is -5.18. The number of pyridine rings is 1. The Morgan fingerprint density at radius 1 is 1.09 bits per heavy atom. The fourth-order valence-electron chi connectivity index (χ4n) is 4.42. The van der Waals surface area contributed by atoms with Crippen molar-refractivity contribution in [3.63, 3.8) is 0 Å². The molecule has 2 heterocycles. The molecular formula is C25H31F4N3O. The molecule has 0 aliphatic carbocycles. The second-order valence-corrected chi connectivity index (χ2v) is 9.43. The van der Waals surface area contributed by atoms with Gasteiger partial charge in [-0.2, -0.15) is 13.2 Å². The van der Waals surface area contributed by atoms with Crippen LogP contribution >= 0.6 is 0 Å². The molecule has 1 aromatic carbocycles. The van der Waals surface area contributed by atoms with Crippen LogP contribution in [0.1, 0.15) is 56.1 Å². The molecular weight excluding hydrogens is 434 g/mol. The molecule has 0 saturated carbocycles. The molecule has 0 aliphatic heterocycles. The first-order valence-corrected chi connectivity index (χ1v) is 11.1. The lowest BCUT2D eigenvalue weighted by Crippen LogP contribution is -2.51. The molecule has 4 nitrogen and oxygen atoms in total. The number of H-pyrrole nitrogens is 1. The quantitative estimate of drug-likeness (QED) is 0.280. The predicted octanol–water partition coefficient (Wildman–Crippen LogP) is 5.71. The van der Waals surface area contributed by atoms with Crippen molar-refractivity contribution in [2.45, 2.75) is 70.7 Å². The third-order valence-corrected chi connectivity index (χ3v) is 6.00. The van der Waals surface area contributed by atoms with E-state index in [0.717, 1.165) is 18.7 Å². The molecule has 8 heteroatoms. The predicted molar refractivity (Wildman–Crippen MR) is 122 cm³/mol. The average Bonchev–Trinajstić information content (AvgIpc) is 3.09. The van der Waals surface area contributed by atoms with Gasteiger partial charge in [0.2, 0.25) is 0 Å². The summed E-state index contributed by atoms with van der Waals surface area (Å²) in [4.78, 5) is 7.47. The minimum atomic E-state index is -4.88. The largest absolute Gasteiger partial charge is 0.417 e. The fraction of sp³-hybridized carbons (Fsp3) is 0.480. The molecule has 0 amide bonds. The van der Waals surface area contributed by atoms with E-state index < -0.39 is 35.9 Å². The van der Waals surface area contributed by atoms with Gasteiger partial charge in [0.1, 0.15) is 5.82 Å². The third-order valence-electron chi connectivity index (χ3n) is 6.00. The van der Waals surface area contributed by atoms with E-state index >= 15 is 0 Å². The molecule has 0 fully saturated rings. The standard InChI is InChI=1S/C25H31F4N3O/c1-5-10-30-14-18-8-9-21-22(31-18)12-19(32-21)13-24(33,25(27,28)29)15-23(3,4)20-11-17(26)7-6-16(20)2/h6-9,11-12,30,32-33H,5,10,13-15H2,1-4H3. The number of halogens is 4. The lowest BCUT2D eigenvalue weighted by Gasteiger charge is -2.38. The van der Waals surface area contributed by atoms with Crippen LogP contribution in [0.2, 0.25) is 0 Å². The van der Waals surface area contributed by atoms with Gasteiger partial charge in [-0.1, -0.05) is 26.8 Å². The molecule has 0 spiro atoms. The first-order chi connectivity index (χ1) is 15.3. The van der Waals surface area contributed by atoms with E-state index in [9.17, 15) is 22.7 Å². The summed E-state index contributed by atoms with van der Waals surface area (Å²) in [7, 11) is 0. The van der Waals surface area contributed by atoms with Gasteiger partial charge in [-0.15, -0.1) is 0 Å². The topological polar surface area (TPSA) is 60.9 Å². The van der Waals surface area contributed by atoms with Crippen LogP contribution in [0.4, 0.5) is 17.6 Å². The zero-order chi connectivity index (χ0) is 24.4. The maximum absolute atomic E-state index is 14.1. The average molecular weight is 466 g/mol. The van der Waals surface area contributed by atoms with Crippen LogP contribution in [0, 0.1) is 12.7 Å². The Hall–Kier alpha value is -2.45. The first kappa shape index (κ1) is 25.2. The second-order valence-electron chi connectivity index (χ2n) is 9.43. The van der Waals surface area contributed by atoms with Crippen LogP contribution in [-0.2, 0) is 18.4 Å². The van der Waals surface area contributed by atoms with E-state index in [1.165, 1.54) is 18.2 Å². The number of hydrogen-bond donors (Lipinski definition) is 3. The molecule has 33 heavy (non-hydrogen) atoms. The summed E-state index contributed by atoms with van der Waals surface area (Å²) in [6.45, 7) is 8.37. The normalized spacial score (nSPS) is 14.6. The number of aliphatic hydroxyl groups is 1. The highest BCUT2D eigenvalue weighted by Gasteiger charge is 2.56. The van der Waals surface area contributed by atoms with E-state index in [-0.39, 0.29) is 5.69 Å². The van der Waals surface area contributed by atoms with Crippen LogP contribution in [-0.4, -0.2) is 33.4 Å². The van der Waals surface area contributed by atoms with Gasteiger partial charge < -0.3 is 15.4 Å². The van der Waals surface area contributed by atoms with E-state index in [4.69, 9.17) is 0 Å². The summed E-state index contributed by atoms with van der Waals surface area (Å²) in [6, 6.07) is 9.20. The highest BCUT2D eigenvalue weighted by Crippen LogP contribution is 2.43. The number of aromatic nitrogens is 2. The van der Waals surface area contributed by atoms with Crippen molar-refractivity contribution in [2.75, 3.05) is 6.54 Å². The van der Waals surface area contributed by atoms with Crippen LogP contribution in [0.15, 0.2) is 36.4 Å². The summed E-state index contributed by atoms with van der Waals surface area (Å²) >= 11 is 0. The molecule has 3 rings (SSSR count). The molecule has 1 unspecified atom stereocenters. The molecule has 2 aromatic heterocycles. The van der Waals surface area contributed by atoms with Gasteiger partial charge in [0, 0.05) is 18.7 Å². The fourth-order valence-corrected chi connectivity index (χ4v) is 4.42. The number of alkyl halides is 3. The molecule has 180 valence electrons. The van der Waals surface area contributed by atoms with Gasteiger partial charge in [0.15, 0.2) is 5.60 Å². The van der Waals surface area contributed by atoms with E-state index in [1.807, 2.05) is 6.07 Å². The van der Waals surface area contributed by atoms with Gasteiger partial charge in [-0.05, 0) is 73.2 Å². The summed E-state index contributed by atoms with van der Waals surface area (Å²) in [5, 5.41) is 14.2. The number of fused-ring (bicyclic) bond motifs is 1. The highest BCUT2D eigenvalue weighted by molar-refractivity contribution is 5.76. The Morgan fingerprint density at radius 2 is 1.82 bits per heavy atom. The number of benzene rings is 1.